The van der Waals surface area contributed by atoms with Gasteiger partial charge in [-0.3, -0.25) is 13.8 Å². The van der Waals surface area contributed by atoms with E-state index in [0.717, 1.165) is 34.1 Å². The van der Waals surface area contributed by atoms with Crippen LogP contribution < -0.4 is 14.3 Å². The fourth-order valence-electron chi connectivity index (χ4n) is 4.26. The van der Waals surface area contributed by atoms with Crippen LogP contribution in [0.25, 0.3) is 0 Å². The van der Waals surface area contributed by atoms with Crippen molar-refractivity contribution in [1.29, 1.82) is 0 Å². The third-order valence-electron chi connectivity index (χ3n) is 6.51. The van der Waals surface area contributed by atoms with Crippen molar-refractivity contribution in [1.82, 2.24) is 0 Å². The Morgan fingerprint density at radius 1 is 0.841 bits per heavy atom. The molecule has 0 aromatic heterocycles. The van der Waals surface area contributed by atoms with Crippen molar-refractivity contribution in [2.24, 2.45) is 0 Å². The van der Waals surface area contributed by atoms with Crippen molar-refractivity contribution in [2.75, 3.05) is 20.9 Å². The van der Waals surface area contributed by atoms with E-state index in [-0.39, 0.29) is 21.2 Å². The predicted octanol–water partition coefficient (Wildman–Crippen LogP) is 6.86. The summed E-state index contributed by atoms with van der Waals surface area (Å²) in [5.41, 5.74) is 0.535. The molecular weight excluding hydrogens is 639 g/mol. The van der Waals surface area contributed by atoms with Crippen LogP contribution in [0.3, 0.4) is 0 Å². The van der Waals surface area contributed by atoms with Gasteiger partial charge in [0.25, 0.3) is 20.0 Å². The van der Waals surface area contributed by atoms with Crippen LogP contribution in [-0.2, 0) is 37.4 Å². The van der Waals surface area contributed by atoms with Gasteiger partial charge in [0.1, 0.15) is 6.54 Å². The van der Waals surface area contributed by atoms with Crippen LogP contribution in [0, 0.1) is 6.92 Å². The molecular formula is C30H27ClF3N3O5S2. The molecule has 1 amide bonds. The van der Waals surface area contributed by atoms with Gasteiger partial charge in [-0.2, -0.15) is 13.2 Å². The molecule has 2 N–H and O–H groups in total. The van der Waals surface area contributed by atoms with E-state index < -0.39 is 49.3 Å². The van der Waals surface area contributed by atoms with Gasteiger partial charge in [-0.05, 0) is 79.6 Å². The zero-order valence-corrected chi connectivity index (χ0v) is 25.8. The van der Waals surface area contributed by atoms with E-state index in [1.54, 1.807) is 36.4 Å². The molecule has 0 aliphatic heterocycles. The molecule has 0 saturated heterocycles. The minimum atomic E-state index is -4.79. The Labute approximate surface area is 258 Å². The zero-order valence-electron chi connectivity index (χ0n) is 23.4. The maximum absolute atomic E-state index is 13.7. The van der Waals surface area contributed by atoms with Crippen LogP contribution in [0.2, 0.25) is 5.02 Å². The van der Waals surface area contributed by atoms with Crippen LogP contribution in [0.5, 0.6) is 0 Å². The van der Waals surface area contributed by atoms with Crippen molar-refractivity contribution in [3.05, 3.63) is 113 Å². The molecule has 44 heavy (non-hydrogen) atoms. The summed E-state index contributed by atoms with van der Waals surface area (Å²) in [5.74, 6) is -0.693. The monoisotopic (exact) mass is 665 g/mol. The molecule has 0 radical (unpaired) electrons. The molecule has 0 fully saturated rings. The highest BCUT2D eigenvalue weighted by molar-refractivity contribution is 7.93. The van der Waals surface area contributed by atoms with Gasteiger partial charge in [0.05, 0.1) is 26.1 Å². The van der Waals surface area contributed by atoms with Crippen LogP contribution in [0.1, 0.15) is 23.6 Å². The Hall–Kier alpha value is -4.07. The number of hydrogen-bond donors (Lipinski definition) is 2. The first-order chi connectivity index (χ1) is 20.6. The number of sulfonamides is 2. The van der Waals surface area contributed by atoms with E-state index in [0.29, 0.717) is 23.7 Å². The summed E-state index contributed by atoms with van der Waals surface area (Å²) in [5, 5.41) is 1.99. The second-order valence-corrected chi connectivity index (χ2v) is 13.6. The smallest absolute Gasteiger partial charge is 0.325 e. The number of hydrogen-bond acceptors (Lipinski definition) is 5. The molecule has 232 valence electrons. The standard InChI is InChI=1S/C30H27ClF3N3O5S2/c1-3-21-6-4-5-7-28(21)37(44(41,42)25-13-8-20(2)9-14-25)19-29(38)35-22-10-15-24(16-11-22)43(39,40)36-23-12-17-27(31)26(18-23)30(32,33)34/h4-18,36H,3,19H2,1-2H3,(H,35,38). The second-order valence-electron chi connectivity index (χ2n) is 9.68. The van der Waals surface area contributed by atoms with Gasteiger partial charge >= 0.3 is 6.18 Å². The molecule has 0 spiro atoms. The van der Waals surface area contributed by atoms with Crippen molar-refractivity contribution >= 4 is 54.6 Å². The third-order valence-corrected chi connectivity index (χ3v) is 10.0. The third kappa shape index (κ3) is 7.52. The number of anilines is 3. The van der Waals surface area contributed by atoms with Gasteiger partial charge in [-0.15, -0.1) is 0 Å². The SMILES string of the molecule is CCc1ccccc1N(CC(=O)Nc1ccc(S(=O)(=O)Nc2ccc(Cl)c(C(F)(F)F)c2)cc1)S(=O)(=O)c1ccc(C)cc1. The number of rotatable bonds is 10. The maximum Gasteiger partial charge on any atom is 0.417 e. The Kier molecular flexibility index (Phi) is 9.62. The summed E-state index contributed by atoms with van der Waals surface area (Å²) >= 11 is 5.60. The number of alkyl halides is 3. The minimum absolute atomic E-state index is 0.00640. The van der Waals surface area contributed by atoms with Crippen LogP contribution >= 0.6 is 11.6 Å². The number of benzene rings is 4. The zero-order chi connectivity index (χ0) is 32.3. The molecule has 14 heteroatoms. The fourth-order valence-corrected chi connectivity index (χ4v) is 6.99. The van der Waals surface area contributed by atoms with Crippen LogP contribution in [-0.4, -0.2) is 29.3 Å². The summed E-state index contributed by atoms with van der Waals surface area (Å²) in [6, 6.07) is 20.5. The summed E-state index contributed by atoms with van der Waals surface area (Å²) in [7, 11) is -8.47. The lowest BCUT2D eigenvalue weighted by molar-refractivity contribution is -0.137. The molecule has 4 aromatic carbocycles. The highest BCUT2D eigenvalue weighted by atomic mass is 35.5. The normalized spacial score (nSPS) is 12.0. The first-order valence-corrected chi connectivity index (χ1v) is 16.4. The van der Waals surface area contributed by atoms with E-state index in [9.17, 15) is 34.8 Å². The van der Waals surface area contributed by atoms with E-state index in [1.165, 1.54) is 24.3 Å². The molecule has 0 heterocycles. The summed E-state index contributed by atoms with van der Waals surface area (Å²) < 4.78 is 95.7. The highest BCUT2D eigenvalue weighted by Crippen LogP contribution is 2.36. The van der Waals surface area contributed by atoms with E-state index in [2.05, 4.69) is 10.0 Å². The number of aryl methyl sites for hydroxylation is 2. The average Bonchev–Trinajstić information content (AvgIpc) is 2.96. The fraction of sp³-hybridized carbons (Fsp3) is 0.167. The Bertz CT molecular complexity index is 1880. The topological polar surface area (TPSA) is 113 Å². The lowest BCUT2D eigenvalue weighted by Gasteiger charge is -2.26. The van der Waals surface area contributed by atoms with Gasteiger partial charge in [-0.25, -0.2) is 16.8 Å². The van der Waals surface area contributed by atoms with Gasteiger partial charge < -0.3 is 5.32 Å². The molecule has 0 atom stereocenters. The Balaban J connectivity index is 1.55. The number of nitrogens with one attached hydrogen (secondary N) is 2. The molecule has 0 bridgehead atoms. The summed E-state index contributed by atoms with van der Waals surface area (Å²) in [6.07, 6.45) is -4.28. The van der Waals surface area contributed by atoms with Gasteiger partial charge in [0.2, 0.25) is 5.91 Å². The molecule has 0 saturated carbocycles. The molecule has 0 unspecified atom stereocenters. The predicted molar refractivity (Wildman–Crippen MR) is 164 cm³/mol. The largest absolute Gasteiger partial charge is 0.417 e. The number of nitrogens with zero attached hydrogens (tertiary/aromatic N) is 1. The van der Waals surface area contributed by atoms with Gasteiger partial charge in [0, 0.05) is 11.4 Å². The first-order valence-electron chi connectivity index (χ1n) is 13.1. The van der Waals surface area contributed by atoms with E-state index in [4.69, 9.17) is 11.6 Å². The van der Waals surface area contributed by atoms with Crippen molar-refractivity contribution in [2.45, 2.75) is 36.2 Å². The molecule has 4 aromatic rings. The maximum atomic E-state index is 13.7. The summed E-state index contributed by atoms with van der Waals surface area (Å²) in [4.78, 5) is 12.9. The minimum Gasteiger partial charge on any atom is -0.325 e. The average molecular weight is 666 g/mol. The molecule has 8 nitrogen and oxygen atoms in total. The van der Waals surface area contributed by atoms with Crippen molar-refractivity contribution in [3.8, 4) is 0 Å². The van der Waals surface area contributed by atoms with Crippen LogP contribution in [0.15, 0.2) is 101 Å². The molecule has 0 aliphatic carbocycles. The number of amides is 1. The Morgan fingerprint density at radius 3 is 2.05 bits per heavy atom. The quantitative estimate of drug-likeness (QED) is 0.192. The number of halogens is 4. The lowest BCUT2D eigenvalue weighted by atomic mass is 10.1. The van der Waals surface area contributed by atoms with Crippen molar-refractivity contribution < 1.29 is 34.8 Å². The Morgan fingerprint density at radius 2 is 1.43 bits per heavy atom. The number of carbonyl (C=O) groups is 1. The number of carbonyl (C=O) groups excluding carboxylic acids is 1. The molecule has 4 rings (SSSR count). The second kappa shape index (κ2) is 12.9. The highest BCUT2D eigenvalue weighted by Gasteiger charge is 2.34. The summed E-state index contributed by atoms with van der Waals surface area (Å²) in [6.45, 7) is 3.11. The van der Waals surface area contributed by atoms with E-state index in [1.807, 2.05) is 13.8 Å². The van der Waals surface area contributed by atoms with E-state index >= 15 is 0 Å². The first kappa shape index (κ1) is 32.8. The van der Waals surface area contributed by atoms with Crippen molar-refractivity contribution in [3.63, 3.8) is 0 Å². The van der Waals surface area contributed by atoms with Crippen LogP contribution in [0.4, 0.5) is 30.2 Å². The molecule has 0 aliphatic rings. The lowest BCUT2D eigenvalue weighted by Crippen LogP contribution is -2.38. The number of para-hydroxylation sites is 1. The van der Waals surface area contributed by atoms with Gasteiger partial charge in [0.15, 0.2) is 0 Å². The van der Waals surface area contributed by atoms with Gasteiger partial charge in [-0.1, -0.05) is 54.4 Å².